The highest BCUT2D eigenvalue weighted by Gasteiger charge is 2.69. The van der Waals surface area contributed by atoms with Crippen molar-refractivity contribution in [3.8, 4) is 0 Å². The molecule has 0 unspecified atom stereocenters. The summed E-state index contributed by atoms with van der Waals surface area (Å²) in [6.45, 7) is 0.648. The molecule has 1 saturated heterocycles. The van der Waals surface area contributed by atoms with E-state index < -0.39 is 11.4 Å². The molecular weight excluding hydrogens is 413 g/mol. The van der Waals surface area contributed by atoms with E-state index in [1.54, 1.807) is 11.0 Å². The lowest BCUT2D eigenvalue weighted by molar-refractivity contribution is -0.123. The van der Waals surface area contributed by atoms with Crippen molar-refractivity contribution in [3.63, 3.8) is 0 Å². The third-order valence-corrected chi connectivity index (χ3v) is 6.43. The Balaban J connectivity index is 1.33. The van der Waals surface area contributed by atoms with Crippen LogP contribution in [0.2, 0.25) is 5.02 Å². The Kier molecular flexibility index (Phi) is 4.53. The normalized spacial score (nSPS) is 27.0. The zero-order valence-corrected chi connectivity index (χ0v) is 16.7. The molecule has 9 nitrogen and oxygen atoms in total. The van der Waals surface area contributed by atoms with E-state index in [9.17, 15) is 9.18 Å². The number of amides is 1. The van der Waals surface area contributed by atoms with Crippen LogP contribution in [0.15, 0.2) is 18.5 Å². The van der Waals surface area contributed by atoms with Gasteiger partial charge in [0.2, 0.25) is 11.9 Å². The number of aliphatic hydroxyl groups excluding tert-OH is 1. The molecule has 1 amide bonds. The highest BCUT2D eigenvalue weighted by Crippen LogP contribution is 2.50. The molecule has 0 radical (unpaired) electrons. The minimum absolute atomic E-state index is 0.0380. The Labute approximate surface area is 176 Å². The van der Waals surface area contributed by atoms with Crippen molar-refractivity contribution in [1.29, 1.82) is 0 Å². The van der Waals surface area contributed by atoms with Gasteiger partial charge in [0, 0.05) is 31.0 Å². The molecule has 30 heavy (non-hydrogen) atoms. The van der Waals surface area contributed by atoms with Crippen LogP contribution in [0.3, 0.4) is 0 Å². The van der Waals surface area contributed by atoms with Gasteiger partial charge in [0.25, 0.3) is 0 Å². The Morgan fingerprint density at radius 3 is 2.90 bits per heavy atom. The van der Waals surface area contributed by atoms with Crippen LogP contribution in [0.25, 0.3) is 0 Å². The molecule has 5 rings (SSSR count). The summed E-state index contributed by atoms with van der Waals surface area (Å²) in [5.74, 6) is -0.0204. The molecule has 1 aliphatic heterocycles. The molecule has 2 aromatic rings. The number of nitrogens with zero attached hydrogens (tertiary/aromatic N) is 4. The molecule has 3 heterocycles. The molecule has 0 aromatic carbocycles. The molecule has 11 heteroatoms. The number of hydrogen-bond acceptors (Lipinski definition) is 8. The van der Waals surface area contributed by atoms with Crippen LogP contribution < -0.4 is 21.3 Å². The van der Waals surface area contributed by atoms with Crippen LogP contribution in [0, 0.1) is 17.7 Å². The summed E-state index contributed by atoms with van der Waals surface area (Å²) in [5.41, 5.74) is 6.56. The van der Waals surface area contributed by atoms with Crippen LogP contribution in [0.4, 0.5) is 21.8 Å². The van der Waals surface area contributed by atoms with Gasteiger partial charge in [0.15, 0.2) is 11.6 Å². The minimum atomic E-state index is -0.550. The number of pyridine rings is 1. The van der Waals surface area contributed by atoms with E-state index in [1.807, 2.05) is 0 Å². The number of halogens is 2. The Morgan fingerprint density at radius 2 is 2.20 bits per heavy atom. The van der Waals surface area contributed by atoms with Crippen molar-refractivity contribution in [2.24, 2.45) is 17.6 Å². The predicted molar refractivity (Wildman–Crippen MR) is 108 cm³/mol. The molecule has 3 fully saturated rings. The van der Waals surface area contributed by atoms with Crippen molar-refractivity contribution in [3.05, 3.63) is 35.0 Å². The first-order valence-electron chi connectivity index (χ1n) is 9.78. The fourth-order valence-electron chi connectivity index (χ4n) is 4.14. The van der Waals surface area contributed by atoms with Crippen molar-refractivity contribution in [2.45, 2.75) is 31.0 Å². The number of nitrogens with two attached hydrogens (primary N) is 1. The topological polar surface area (TPSA) is 129 Å². The second-order valence-corrected chi connectivity index (χ2v) is 8.52. The number of piperidine rings is 1. The Bertz CT molecular complexity index is 1020. The molecule has 5 N–H and O–H groups in total. The van der Waals surface area contributed by atoms with Crippen molar-refractivity contribution in [2.75, 3.05) is 23.3 Å². The molecule has 3 atom stereocenters. The Hall–Kier alpha value is -2.56. The lowest BCUT2D eigenvalue weighted by Gasteiger charge is -2.25. The summed E-state index contributed by atoms with van der Waals surface area (Å²) < 4.78 is 14.5. The monoisotopic (exact) mass is 433 g/mol. The highest BCUT2D eigenvalue weighted by molar-refractivity contribution is 6.31. The van der Waals surface area contributed by atoms with Crippen LogP contribution in [0.5, 0.6) is 0 Å². The van der Waals surface area contributed by atoms with Crippen LogP contribution in [-0.2, 0) is 11.4 Å². The fourth-order valence-corrected chi connectivity index (χ4v) is 4.37. The van der Waals surface area contributed by atoms with Crippen LogP contribution >= 0.6 is 11.6 Å². The first kappa shape index (κ1) is 19.4. The second kappa shape index (κ2) is 7.00. The summed E-state index contributed by atoms with van der Waals surface area (Å²) in [6, 6.07) is 1.45. The summed E-state index contributed by atoms with van der Waals surface area (Å²) in [7, 11) is 0. The maximum absolute atomic E-state index is 14.5. The van der Waals surface area contributed by atoms with Crippen LogP contribution in [-0.4, -0.2) is 50.6 Å². The van der Waals surface area contributed by atoms with Gasteiger partial charge in [-0.05, 0) is 18.9 Å². The zero-order chi connectivity index (χ0) is 21.0. The van der Waals surface area contributed by atoms with Gasteiger partial charge in [0.1, 0.15) is 0 Å². The van der Waals surface area contributed by atoms with Gasteiger partial charge < -0.3 is 26.4 Å². The summed E-state index contributed by atoms with van der Waals surface area (Å²) in [4.78, 5) is 26.4. The first-order chi connectivity index (χ1) is 14.4. The van der Waals surface area contributed by atoms with Gasteiger partial charge >= 0.3 is 0 Å². The predicted octanol–water partition coefficient (Wildman–Crippen LogP) is 0.942. The van der Waals surface area contributed by atoms with Crippen molar-refractivity contribution in [1.82, 2.24) is 20.3 Å². The average molecular weight is 434 g/mol. The molecule has 3 aliphatic rings. The zero-order valence-electron chi connectivity index (χ0n) is 16.0. The highest BCUT2D eigenvalue weighted by atomic mass is 35.5. The fraction of sp³-hybridized carbons (Fsp3) is 0.474. The number of aromatic nitrogens is 3. The molecule has 0 bridgehead atoms. The minimum Gasteiger partial charge on any atom is -0.390 e. The van der Waals surface area contributed by atoms with Crippen molar-refractivity contribution >= 4 is 35.0 Å². The quantitative estimate of drug-likeness (QED) is 0.529. The molecule has 2 saturated carbocycles. The largest absolute Gasteiger partial charge is 0.390 e. The summed E-state index contributed by atoms with van der Waals surface area (Å²) in [6.07, 6.45) is 4.41. The van der Waals surface area contributed by atoms with Gasteiger partial charge in [-0.15, -0.1) is 0 Å². The number of hydrogen-bond donors (Lipinski definition) is 4. The number of rotatable bonds is 6. The summed E-state index contributed by atoms with van der Waals surface area (Å²) >= 11 is 6.06. The third-order valence-electron chi connectivity index (χ3n) is 6.10. The van der Waals surface area contributed by atoms with E-state index in [4.69, 9.17) is 22.4 Å². The molecular formula is C19H21ClFN7O2. The van der Waals surface area contributed by atoms with Gasteiger partial charge in [-0.1, -0.05) is 11.6 Å². The van der Waals surface area contributed by atoms with E-state index in [1.165, 1.54) is 6.20 Å². The number of aliphatic hydroxyl groups is 1. The maximum atomic E-state index is 14.5. The van der Waals surface area contributed by atoms with E-state index in [0.717, 1.165) is 19.0 Å². The average Bonchev–Trinajstić information content (AvgIpc) is 3.61. The van der Waals surface area contributed by atoms with Crippen molar-refractivity contribution < 1.29 is 14.3 Å². The van der Waals surface area contributed by atoms with E-state index in [2.05, 4.69) is 25.6 Å². The molecule has 0 spiro atoms. The summed E-state index contributed by atoms with van der Waals surface area (Å²) in [5, 5.41) is 15.5. The van der Waals surface area contributed by atoms with Crippen LogP contribution in [0.1, 0.15) is 18.5 Å². The number of carbonyl (C=O) groups is 1. The molecule has 2 aromatic heterocycles. The smallest absolute Gasteiger partial charge is 0.229 e. The van der Waals surface area contributed by atoms with Gasteiger partial charge in [-0.2, -0.15) is 4.98 Å². The molecule has 158 valence electrons. The van der Waals surface area contributed by atoms with E-state index in [-0.39, 0.29) is 42.2 Å². The van der Waals surface area contributed by atoms with Gasteiger partial charge in [-0.25, -0.2) is 9.37 Å². The third kappa shape index (κ3) is 3.24. The van der Waals surface area contributed by atoms with E-state index in [0.29, 0.717) is 29.5 Å². The van der Waals surface area contributed by atoms with E-state index >= 15 is 0 Å². The maximum Gasteiger partial charge on any atom is 0.229 e. The first-order valence-corrected chi connectivity index (χ1v) is 10.2. The number of anilines is 3. The Morgan fingerprint density at radius 1 is 1.40 bits per heavy atom. The number of fused-ring (bicyclic) bond motifs is 1. The second-order valence-electron chi connectivity index (χ2n) is 8.12. The van der Waals surface area contributed by atoms with Gasteiger partial charge in [0.05, 0.1) is 40.9 Å². The lowest BCUT2D eigenvalue weighted by atomic mass is 10.2. The van der Waals surface area contributed by atoms with Gasteiger partial charge in [-0.3, -0.25) is 9.78 Å². The number of carbonyl (C=O) groups excluding carboxylic acids is 1. The standard InChI is InChI=1S/C19H21ClFN7O2/c20-12-3-10(4-23-14(12)7-29)25-18-24-5-13(21)16(26-18)28-6-11-15(22)19(11,8-28)27-17(30)9-1-2-9/h3-5,9,11,15,29H,1-2,6-8,22H2,(H,27,30)(H,24,25,26)/t11-,15+,19+/m0/s1. The molecule has 2 aliphatic carbocycles. The lowest BCUT2D eigenvalue weighted by Crippen LogP contribution is -2.48. The SMILES string of the molecule is N[C@@H]1[C@@H]2CN(c3nc(Nc4cnc(CO)c(Cl)c4)ncc3F)C[C@]12NC(=O)C1CC1. The number of nitrogens with one attached hydrogen (secondary N) is 2.